The standard InChI is InChI=1S/C12H14N4O/c13-12(17)5-9-3-1-2-4-11(9)15-7-10-6-14-8-16-10/h1-4,6,8,15H,5,7H2,(H2,13,17)(H,14,16). The summed E-state index contributed by atoms with van der Waals surface area (Å²) in [6.45, 7) is 0.635. The molecule has 2 aromatic rings. The molecule has 0 saturated carbocycles. The Bertz CT molecular complexity index is 493. The van der Waals surface area contributed by atoms with Crippen molar-refractivity contribution in [3.05, 3.63) is 48.0 Å². The summed E-state index contributed by atoms with van der Waals surface area (Å²) in [5.41, 5.74) is 8.01. The molecule has 0 saturated heterocycles. The van der Waals surface area contributed by atoms with Crippen LogP contribution in [0.25, 0.3) is 0 Å². The fourth-order valence-electron chi connectivity index (χ4n) is 1.61. The number of amides is 1. The minimum Gasteiger partial charge on any atom is -0.379 e. The zero-order valence-corrected chi connectivity index (χ0v) is 9.31. The summed E-state index contributed by atoms with van der Waals surface area (Å²) in [6, 6.07) is 7.62. The molecule has 0 aliphatic heterocycles. The summed E-state index contributed by atoms with van der Waals surface area (Å²) in [5, 5.41) is 3.24. The van der Waals surface area contributed by atoms with E-state index in [-0.39, 0.29) is 12.3 Å². The van der Waals surface area contributed by atoms with Gasteiger partial charge in [-0.05, 0) is 11.6 Å². The molecule has 1 aromatic carbocycles. The third-order valence-corrected chi connectivity index (χ3v) is 2.41. The topological polar surface area (TPSA) is 83.8 Å². The molecule has 0 aliphatic carbocycles. The maximum absolute atomic E-state index is 10.9. The van der Waals surface area contributed by atoms with Gasteiger partial charge in [-0.2, -0.15) is 0 Å². The maximum Gasteiger partial charge on any atom is 0.221 e. The summed E-state index contributed by atoms with van der Waals surface area (Å²) in [4.78, 5) is 17.9. The van der Waals surface area contributed by atoms with E-state index in [4.69, 9.17) is 5.73 Å². The van der Waals surface area contributed by atoms with Crippen molar-refractivity contribution in [2.24, 2.45) is 5.73 Å². The van der Waals surface area contributed by atoms with Crippen LogP contribution in [0.2, 0.25) is 0 Å². The van der Waals surface area contributed by atoms with Gasteiger partial charge in [0, 0.05) is 11.9 Å². The monoisotopic (exact) mass is 230 g/mol. The van der Waals surface area contributed by atoms with Crippen molar-refractivity contribution in [3.63, 3.8) is 0 Å². The Kier molecular flexibility index (Phi) is 3.40. The van der Waals surface area contributed by atoms with E-state index in [0.717, 1.165) is 16.9 Å². The van der Waals surface area contributed by atoms with Crippen LogP contribution in [0.1, 0.15) is 11.3 Å². The molecule has 5 heteroatoms. The number of imidazole rings is 1. The van der Waals surface area contributed by atoms with Crippen LogP contribution < -0.4 is 11.1 Å². The lowest BCUT2D eigenvalue weighted by Gasteiger charge is -2.09. The number of primary amides is 1. The number of H-pyrrole nitrogens is 1. The highest BCUT2D eigenvalue weighted by Gasteiger charge is 2.04. The summed E-state index contributed by atoms with van der Waals surface area (Å²) >= 11 is 0. The van der Waals surface area contributed by atoms with E-state index < -0.39 is 0 Å². The number of hydrogen-bond donors (Lipinski definition) is 3. The molecule has 0 fully saturated rings. The van der Waals surface area contributed by atoms with E-state index in [1.54, 1.807) is 12.5 Å². The Morgan fingerprint density at radius 2 is 2.24 bits per heavy atom. The van der Waals surface area contributed by atoms with E-state index in [2.05, 4.69) is 15.3 Å². The zero-order chi connectivity index (χ0) is 12.1. The van der Waals surface area contributed by atoms with Gasteiger partial charge in [-0.15, -0.1) is 0 Å². The molecule has 0 aliphatic rings. The van der Waals surface area contributed by atoms with Crippen LogP contribution in [-0.4, -0.2) is 15.9 Å². The third kappa shape index (κ3) is 3.07. The number of nitrogens with two attached hydrogens (primary N) is 1. The first-order valence-electron chi connectivity index (χ1n) is 5.33. The highest BCUT2D eigenvalue weighted by Crippen LogP contribution is 2.16. The Morgan fingerprint density at radius 3 is 2.94 bits per heavy atom. The fourth-order valence-corrected chi connectivity index (χ4v) is 1.61. The van der Waals surface area contributed by atoms with Crippen LogP contribution in [0, 0.1) is 0 Å². The van der Waals surface area contributed by atoms with Gasteiger partial charge in [0.2, 0.25) is 5.91 Å². The van der Waals surface area contributed by atoms with Crippen molar-refractivity contribution in [3.8, 4) is 0 Å². The number of nitrogens with zero attached hydrogens (tertiary/aromatic N) is 1. The number of anilines is 1. The first kappa shape index (κ1) is 11.2. The molecule has 0 unspecified atom stereocenters. The van der Waals surface area contributed by atoms with Crippen molar-refractivity contribution >= 4 is 11.6 Å². The second kappa shape index (κ2) is 5.16. The number of rotatable bonds is 5. The number of aromatic amines is 1. The molecule has 2 rings (SSSR count). The molecule has 17 heavy (non-hydrogen) atoms. The van der Waals surface area contributed by atoms with E-state index in [1.165, 1.54) is 0 Å². The van der Waals surface area contributed by atoms with E-state index in [9.17, 15) is 4.79 Å². The van der Waals surface area contributed by atoms with Crippen LogP contribution in [0.4, 0.5) is 5.69 Å². The number of para-hydroxylation sites is 1. The number of carbonyl (C=O) groups excluding carboxylic acids is 1. The van der Waals surface area contributed by atoms with Crippen LogP contribution in [-0.2, 0) is 17.8 Å². The van der Waals surface area contributed by atoms with Crippen molar-refractivity contribution in [2.75, 3.05) is 5.32 Å². The van der Waals surface area contributed by atoms with E-state index in [1.807, 2.05) is 24.3 Å². The Morgan fingerprint density at radius 1 is 1.41 bits per heavy atom. The molecule has 5 nitrogen and oxygen atoms in total. The number of benzene rings is 1. The lowest BCUT2D eigenvalue weighted by atomic mass is 10.1. The summed E-state index contributed by atoms with van der Waals surface area (Å²) < 4.78 is 0. The smallest absolute Gasteiger partial charge is 0.221 e. The molecular weight excluding hydrogens is 216 g/mol. The predicted molar refractivity (Wildman–Crippen MR) is 65.3 cm³/mol. The molecule has 1 heterocycles. The lowest BCUT2D eigenvalue weighted by Crippen LogP contribution is -2.15. The van der Waals surface area contributed by atoms with Gasteiger partial charge in [0.05, 0.1) is 25.0 Å². The quantitative estimate of drug-likeness (QED) is 0.717. The van der Waals surface area contributed by atoms with Crippen LogP contribution in [0.5, 0.6) is 0 Å². The van der Waals surface area contributed by atoms with Crippen molar-refractivity contribution in [1.29, 1.82) is 0 Å². The molecular formula is C12H14N4O. The largest absolute Gasteiger partial charge is 0.379 e. The van der Waals surface area contributed by atoms with Gasteiger partial charge in [-0.1, -0.05) is 18.2 Å². The number of aromatic nitrogens is 2. The van der Waals surface area contributed by atoms with E-state index in [0.29, 0.717) is 6.54 Å². The minimum absolute atomic E-state index is 0.242. The van der Waals surface area contributed by atoms with Gasteiger partial charge < -0.3 is 16.0 Å². The van der Waals surface area contributed by atoms with Crippen molar-refractivity contribution in [2.45, 2.75) is 13.0 Å². The minimum atomic E-state index is -0.333. The molecule has 88 valence electrons. The Hall–Kier alpha value is -2.30. The van der Waals surface area contributed by atoms with Gasteiger partial charge in [0.15, 0.2) is 0 Å². The normalized spacial score (nSPS) is 10.1. The molecule has 4 N–H and O–H groups in total. The predicted octanol–water partition coefficient (Wildman–Crippen LogP) is 1.05. The second-order valence-corrected chi connectivity index (χ2v) is 3.73. The summed E-state index contributed by atoms with van der Waals surface area (Å²) in [7, 11) is 0. The maximum atomic E-state index is 10.9. The summed E-state index contributed by atoms with van der Waals surface area (Å²) in [5.74, 6) is -0.333. The molecule has 0 radical (unpaired) electrons. The zero-order valence-electron chi connectivity index (χ0n) is 9.31. The summed E-state index contributed by atoms with van der Waals surface area (Å²) in [6.07, 6.45) is 3.63. The second-order valence-electron chi connectivity index (χ2n) is 3.73. The SMILES string of the molecule is NC(=O)Cc1ccccc1NCc1cnc[nH]1. The molecule has 0 atom stereocenters. The first-order chi connectivity index (χ1) is 8.25. The lowest BCUT2D eigenvalue weighted by molar-refractivity contribution is -0.117. The van der Waals surface area contributed by atoms with Crippen molar-refractivity contribution < 1.29 is 4.79 Å². The van der Waals surface area contributed by atoms with Gasteiger partial charge in [-0.3, -0.25) is 4.79 Å². The molecule has 0 spiro atoms. The van der Waals surface area contributed by atoms with Crippen LogP contribution in [0.3, 0.4) is 0 Å². The molecule has 1 aromatic heterocycles. The average Bonchev–Trinajstić information content (AvgIpc) is 2.80. The van der Waals surface area contributed by atoms with Gasteiger partial charge in [0.25, 0.3) is 0 Å². The van der Waals surface area contributed by atoms with Crippen LogP contribution in [0.15, 0.2) is 36.8 Å². The van der Waals surface area contributed by atoms with E-state index >= 15 is 0 Å². The number of nitrogens with one attached hydrogen (secondary N) is 2. The van der Waals surface area contributed by atoms with Gasteiger partial charge in [-0.25, -0.2) is 4.98 Å². The number of carbonyl (C=O) groups is 1. The van der Waals surface area contributed by atoms with Gasteiger partial charge >= 0.3 is 0 Å². The Balaban J connectivity index is 2.06. The highest BCUT2D eigenvalue weighted by molar-refractivity contribution is 5.78. The highest BCUT2D eigenvalue weighted by atomic mass is 16.1. The average molecular weight is 230 g/mol. The molecule has 1 amide bonds. The Labute approximate surface area is 99.1 Å². The molecule has 0 bridgehead atoms. The fraction of sp³-hybridized carbons (Fsp3) is 0.167. The first-order valence-corrected chi connectivity index (χ1v) is 5.33. The third-order valence-electron chi connectivity index (χ3n) is 2.41. The number of hydrogen-bond acceptors (Lipinski definition) is 3. The van der Waals surface area contributed by atoms with Crippen molar-refractivity contribution in [1.82, 2.24) is 9.97 Å². The van der Waals surface area contributed by atoms with Gasteiger partial charge in [0.1, 0.15) is 0 Å². The van der Waals surface area contributed by atoms with Crippen LogP contribution >= 0.6 is 0 Å².